The van der Waals surface area contributed by atoms with Gasteiger partial charge in [-0.25, -0.2) is 0 Å². The van der Waals surface area contributed by atoms with E-state index in [2.05, 4.69) is 58.1 Å². The quantitative estimate of drug-likeness (QED) is 0.742. The predicted molar refractivity (Wildman–Crippen MR) is 86.0 cm³/mol. The molecule has 1 N–H and O–H groups in total. The fraction of sp³-hybridized carbons (Fsp3) is 0.647. The smallest absolute Gasteiger partial charge is 0.0440 e. The van der Waals surface area contributed by atoms with Crippen LogP contribution in [0, 0.1) is 12.3 Å². The maximum atomic E-state index is 6.39. The van der Waals surface area contributed by atoms with E-state index in [4.69, 9.17) is 11.6 Å². The van der Waals surface area contributed by atoms with Crippen molar-refractivity contribution in [3.8, 4) is 0 Å². The Morgan fingerprint density at radius 1 is 1.21 bits per heavy atom. The Morgan fingerprint density at radius 3 is 2.32 bits per heavy atom. The van der Waals surface area contributed by atoms with Gasteiger partial charge in [0.1, 0.15) is 0 Å². The number of rotatable bonds is 7. The van der Waals surface area contributed by atoms with Gasteiger partial charge in [0.2, 0.25) is 0 Å². The van der Waals surface area contributed by atoms with Crippen LogP contribution in [0.1, 0.15) is 51.7 Å². The first-order chi connectivity index (χ1) is 8.92. The molecule has 2 heteroatoms. The summed E-state index contributed by atoms with van der Waals surface area (Å²) < 4.78 is 0. The highest BCUT2D eigenvalue weighted by Gasteiger charge is 2.27. The molecule has 108 valence electrons. The van der Waals surface area contributed by atoms with Crippen LogP contribution in [0.15, 0.2) is 18.2 Å². The van der Waals surface area contributed by atoms with Gasteiger partial charge >= 0.3 is 0 Å². The molecule has 0 aliphatic heterocycles. The van der Waals surface area contributed by atoms with Crippen molar-refractivity contribution in [1.82, 2.24) is 5.32 Å². The van der Waals surface area contributed by atoms with Crippen LogP contribution in [0.4, 0.5) is 0 Å². The van der Waals surface area contributed by atoms with Crippen LogP contribution in [0.5, 0.6) is 0 Å². The van der Waals surface area contributed by atoms with E-state index in [0.717, 1.165) is 18.0 Å². The molecule has 0 aliphatic rings. The van der Waals surface area contributed by atoms with E-state index in [1.165, 1.54) is 24.0 Å². The molecule has 1 rings (SSSR count). The predicted octanol–water partition coefficient (Wildman–Crippen LogP) is 5.00. The lowest BCUT2D eigenvalue weighted by atomic mass is 9.76. The maximum absolute atomic E-state index is 6.39. The molecule has 0 saturated carbocycles. The summed E-state index contributed by atoms with van der Waals surface area (Å²) in [6, 6.07) is 6.95. The van der Waals surface area contributed by atoms with Crippen molar-refractivity contribution in [2.45, 2.75) is 59.9 Å². The minimum atomic E-state index is 0.309. The number of hydrogen-bond acceptors (Lipinski definition) is 1. The second-order valence-electron chi connectivity index (χ2n) is 6.01. The molecular weight excluding hydrogens is 254 g/mol. The third kappa shape index (κ3) is 4.81. The van der Waals surface area contributed by atoms with E-state index in [-0.39, 0.29) is 0 Å². The number of nitrogens with one attached hydrogen (secondary N) is 1. The van der Waals surface area contributed by atoms with Gasteiger partial charge in [-0.2, -0.15) is 0 Å². The summed E-state index contributed by atoms with van der Waals surface area (Å²) in [6.45, 7) is 12.1. The van der Waals surface area contributed by atoms with Crippen molar-refractivity contribution in [2.75, 3.05) is 6.54 Å². The molecule has 0 saturated heterocycles. The summed E-state index contributed by atoms with van der Waals surface area (Å²) in [4.78, 5) is 0. The molecule has 0 unspecified atom stereocenters. The standard InChI is InChI=1S/C17H28ClN/c1-6-17(7-2,12-19-13(3)4)11-15-9-8-14(5)10-16(15)18/h8-10,13,19H,6-7,11-12H2,1-5H3. The lowest BCUT2D eigenvalue weighted by molar-refractivity contribution is 0.239. The molecule has 0 bridgehead atoms. The molecule has 0 heterocycles. The largest absolute Gasteiger partial charge is 0.314 e. The second-order valence-corrected chi connectivity index (χ2v) is 6.42. The van der Waals surface area contributed by atoms with E-state index in [1.54, 1.807) is 0 Å². The molecule has 1 nitrogen and oxygen atoms in total. The minimum absolute atomic E-state index is 0.309. The number of hydrogen-bond donors (Lipinski definition) is 1. The third-order valence-corrected chi connectivity index (χ3v) is 4.51. The van der Waals surface area contributed by atoms with Gasteiger partial charge in [-0.1, -0.05) is 51.4 Å². The first-order valence-corrected chi connectivity index (χ1v) is 7.78. The van der Waals surface area contributed by atoms with Gasteiger partial charge in [-0.15, -0.1) is 0 Å². The fourth-order valence-electron chi connectivity index (χ4n) is 2.43. The van der Waals surface area contributed by atoms with Crippen molar-refractivity contribution < 1.29 is 0 Å². The van der Waals surface area contributed by atoms with Crippen LogP contribution in [-0.2, 0) is 6.42 Å². The van der Waals surface area contributed by atoms with Crippen molar-refractivity contribution in [3.63, 3.8) is 0 Å². The Hall–Kier alpha value is -0.530. The van der Waals surface area contributed by atoms with E-state index in [0.29, 0.717) is 11.5 Å². The molecule has 1 aromatic carbocycles. The summed E-state index contributed by atoms with van der Waals surface area (Å²) in [5.74, 6) is 0. The number of halogens is 1. The van der Waals surface area contributed by atoms with Gasteiger partial charge in [0, 0.05) is 17.6 Å². The van der Waals surface area contributed by atoms with Crippen LogP contribution in [-0.4, -0.2) is 12.6 Å². The van der Waals surface area contributed by atoms with E-state index in [9.17, 15) is 0 Å². The molecule has 0 atom stereocenters. The van der Waals surface area contributed by atoms with Gasteiger partial charge in [0.05, 0.1) is 0 Å². The highest BCUT2D eigenvalue weighted by atomic mass is 35.5. The molecular formula is C17H28ClN. The highest BCUT2D eigenvalue weighted by Crippen LogP contribution is 2.33. The van der Waals surface area contributed by atoms with Crippen molar-refractivity contribution in [1.29, 1.82) is 0 Å². The van der Waals surface area contributed by atoms with Crippen LogP contribution < -0.4 is 5.32 Å². The average molecular weight is 282 g/mol. The molecule has 0 amide bonds. The summed E-state index contributed by atoms with van der Waals surface area (Å²) in [6.07, 6.45) is 3.40. The minimum Gasteiger partial charge on any atom is -0.314 e. The molecule has 0 fully saturated rings. The topological polar surface area (TPSA) is 12.0 Å². The number of aryl methyl sites for hydroxylation is 1. The fourth-order valence-corrected chi connectivity index (χ4v) is 2.73. The van der Waals surface area contributed by atoms with Gasteiger partial charge in [-0.3, -0.25) is 0 Å². The zero-order chi connectivity index (χ0) is 14.5. The molecule has 1 aromatic rings. The molecule has 19 heavy (non-hydrogen) atoms. The van der Waals surface area contributed by atoms with Gasteiger partial charge in [0.25, 0.3) is 0 Å². The average Bonchev–Trinajstić information content (AvgIpc) is 2.37. The highest BCUT2D eigenvalue weighted by molar-refractivity contribution is 6.31. The Balaban J connectivity index is 2.87. The van der Waals surface area contributed by atoms with Crippen LogP contribution in [0.25, 0.3) is 0 Å². The normalized spacial score (nSPS) is 12.2. The molecule has 0 radical (unpaired) electrons. The van der Waals surface area contributed by atoms with E-state index in [1.807, 2.05) is 0 Å². The van der Waals surface area contributed by atoms with Gasteiger partial charge < -0.3 is 5.32 Å². The van der Waals surface area contributed by atoms with Crippen molar-refractivity contribution in [2.24, 2.45) is 5.41 Å². The number of benzene rings is 1. The molecule has 0 spiro atoms. The third-order valence-electron chi connectivity index (χ3n) is 4.16. The van der Waals surface area contributed by atoms with Crippen LogP contribution in [0.2, 0.25) is 5.02 Å². The van der Waals surface area contributed by atoms with Crippen LogP contribution >= 0.6 is 11.6 Å². The lowest BCUT2D eigenvalue weighted by Crippen LogP contribution is -2.38. The SMILES string of the molecule is CCC(CC)(CNC(C)C)Cc1ccc(C)cc1Cl. The molecule has 0 aromatic heterocycles. The first kappa shape index (κ1) is 16.5. The Labute approximate surface area is 123 Å². The molecule has 0 aliphatic carbocycles. The van der Waals surface area contributed by atoms with Gasteiger partial charge in [0.15, 0.2) is 0 Å². The van der Waals surface area contributed by atoms with Crippen LogP contribution in [0.3, 0.4) is 0 Å². The van der Waals surface area contributed by atoms with E-state index < -0.39 is 0 Å². The van der Waals surface area contributed by atoms with Gasteiger partial charge in [-0.05, 0) is 48.8 Å². The lowest BCUT2D eigenvalue weighted by Gasteiger charge is -2.33. The van der Waals surface area contributed by atoms with Crippen molar-refractivity contribution >= 4 is 11.6 Å². The zero-order valence-corrected chi connectivity index (χ0v) is 13.8. The van der Waals surface area contributed by atoms with E-state index >= 15 is 0 Å². The first-order valence-electron chi connectivity index (χ1n) is 7.41. The summed E-state index contributed by atoms with van der Waals surface area (Å²) >= 11 is 6.39. The summed E-state index contributed by atoms with van der Waals surface area (Å²) in [5.41, 5.74) is 2.82. The summed E-state index contributed by atoms with van der Waals surface area (Å²) in [7, 11) is 0. The Morgan fingerprint density at radius 2 is 1.84 bits per heavy atom. The zero-order valence-electron chi connectivity index (χ0n) is 13.0. The maximum Gasteiger partial charge on any atom is 0.0440 e. The Kier molecular flexibility index (Phi) is 6.35. The van der Waals surface area contributed by atoms with Crippen molar-refractivity contribution in [3.05, 3.63) is 34.3 Å². The summed E-state index contributed by atoms with van der Waals surface area (Å²) in [5, 5.41) is 4.51. The monoisotopic (exact) mass is 281 g/mol. The Bertz CT molecular complexity index is 394. The second kappa shape index (κ2) is 7.31.